The Morgan fingerprint density at radius 1 is 1.50 bits per heavy atom. The van der Waals surface area contributed by atoms with Gasteiger partial charge in [0, 0.05) is 11.4 Å². The molecule has 1 heterocycles. The van der Waals surface area contributed by atoms with Gasteiger partial charge in [-0.2, -0.15) is 0 Å². The van der Waals surface area contributed by atoms with Gasteiger partial charge >= 0.3 is 0 Å². The van der Waals surface area contributed by atoms with Crippen molar-refractivity contribution in [3.05, 3.63) is 20.8 Å². The van der Waals surface area contributed by atoms with E-state index in [9.17, 15) is 8.42 Å². The molecular weight excluding hydrogens is 286 g/mol. The lowest BCUT2D eigenvalue weighted by Crippen LogP contribution is -2.27. The molecule has 0 radical (unpaired) electrons. The zero-order valence-electron chi connectivity index (χ0n) is 7.79. The second-order valence-electron chi connectivity index (χ2n) is 2.75. The van der Waals surface area contributed by atoms with Gasteiger partial charge in [0.25, 0.3) is 0 Å². The first-order chi connectivity index (χ1) is 6.53. The van der Waals surface area contributed by atoms with Gasteiger partial charge in [0.05, 0.1) is 9.54 Å². The molecule has 0 aliphatic heterocycles. The standard InChI is InChI=1S/C8H12BrNO2S2/c1-2-14(11,12)10-6-5-7-3-4-8(9)13-7/h3-4,10H,2,5-6H2,1H3. The summed E-state index contributed by atoms with van der Waals surface area (Å²) < 4.78 is 25.8. The van der Waals surface area contributed by atoms with Crippen LogP contribution in [0.2, 0.25) is 0 Å². The number of hydrogen-bond donors (Lipinski definition) is 1. The summed E-state index contributed by atoms with van der Waals surface area (Å²) in [5.41, 5.74) is 0. The van der Waals surface area contributed by atoms with Crippen molar-refractivity contribution in [2.24, 2.45) is 0 Å². The molecular formula is C8H12BrNO2S2. The summed E-state index contributed by atoms with van der Waals surface area (Å²) in [4.78, 5) is 1.18. The van der Waals surface area contributed by atoms with Gasteiger partial charge in [-0.1, -0.05) is 0 Å². The lowest BCUT2D eigenvalue weighted by atomic mass is 10.3. The van der Waals surface area contributed by atoms with Crippen LogP contribution in [0.15, 0.2) is 15.9 Å². The van der Waals surface area contributed by atoms with E-state index in [2.05, 4.69) is 20.7 Å². The molecule has 0 spiro atoms. The van der Waals surface area contributed by atoms with Crippen molar-refractivity contribution in [1.82, 2.24) is 4.72 Å². The van der Waals surface area contributed by atoms with Gasteiger partial charge in [0.15, 0.2) is 0 Å². The fourth-order valence-corrected chi connectivity index (χ4v) is 3.02. The zero-order chi connectivity index (χ0) is 10.6. The quantitative estimate of drug-likeness (QED) is 0.903. The highest BCUT2D eigenvalue weighted by Crippen LogP contribution is 2.22. The highest BCUT2D eigenvalue weighted by Gasteiger charge is 2.05. The topological polar surface area (TPSA) is 46.2 Å². The molecule has 0 aromatic carbocycles. The number of sulfonamides is 1. The minimum atomic E-state index is -3.04. The molecule has 0 fully saturated rings. The Morgan fingerprint density at radius 2 is 2.21 bits per heavy atom. The second kappa shape index (κ2) is 5.25. The summed E-state index contributed by atoms with van der Waals surface area (Å²) >= 11 is 4.98. The Balaban J connectivity index is 2.36. The Kier molecular flexibility index (Phi) is 4.56. The molecule has 6 heteroatoms. The van der Waals surface area contributed by atoms with Crippen molar-refractivity contribution < 1.29 is 8.42 Å². The van der Waals surface area contributed by atoms with Crippen LogP contribution < -0.4 is 4.72 Å². The van der Waals surface area contributed by atoms with Crippen molar-refractivity contribution in [3.8, 4) is 0 Å². The maximum absolute atomic E-state index is 11.1. The van der Waals surface area contributed by atoms with Crippen molar-refractivity contribution >= 4 is 37.3 Å². The van der Waals surface area contributed by atoms with Crippen LogP contribution in [0.5, 0.6) is 0 Å². The lowest BCUT2D eigenvalue weighted by Gasteiger charge is -2.02. The normalized spacial score (nSPS) is 11.9. The first-order valence-corrected chi connectivity index (χ1v) is 7.51. The third kappa shape index (κ3) is 4.08. The van der Waals surface area contributed by atoms with E-state index in [1.165, 1.54) is 4.88 Å². The van der Waals surface area contributed by atoms with Crippen LogP contribution in [-0.2, 0) is 16.4 Å². The van der Waals surface area contributed by atoms with Crippen molar-refractivity contribution in [2.75, 3.05) is 12.3 Å². The van der Waals surface area contributed by atoms with Crippen molar-refractivity contribution in [3.63, 3.8) is 0 Å². The van der Waals surface area contributed by atoms with Gasteiger partial charge < -0.3 is 0 Å². The first kappa shape index (κ1) is 12.2. The fraction of sp³-hybridized carbons (Fsp3) is 0.500. The number of halogens is 1. The Hall–Kier alpha value is 0.0900. The summed E-state index contributed by atoms with van der Waals surface area (Å²) in [5.74, 6) is 0.140. The molecule has 1 N–H and O–H groups in total. The van der Waals surface area contributed by atoms with Gasteiger partial charge in [0.1, 0.15) is 0 Å². The largest absolute Gasteiger partial charge is 0.215 e. The van der Waals surface area contributed by atoms with E-state index < -0.39 is 10.0 Å². The Bertz CT molecular complexity index is 386. The summed E-state index contributed by atoms with van der Waals surface area (Å²) in [7, 11) is -3.04. The molecule has 0 aliphatic rings. The highest BCUT2D eigenvalue weighted by atomic mass is 79.9. The van der Waals surface area contributed by atoms with Gasteiger partial charge in [-0.05, 0) is 41.4 Å². The molecule has 0 amide bonds. The van der Waals surface area contributed by atoms with Crippen LogP contribution in [0.1, 0.15) is 11.8 Å². The summed E-state index contributed by atoms with van der Waals surface area (Å²) in [6.45, 7) is 2.10. The van der Waals surface area contributed by atoms with E-state index in [0.717, 1.165) is 10.2 Å². The minimum Gasteiger partial charge on any atom is -0.215 e. The van der Waals surface area contributed by atoms with E-state index in [-0.39, 0.29) is 5.75 Å². The van der Waals surface area contributed by atoms with Crippen molar-refractivity contribution in [1.29, 1.82) is 0 Å². The second-order valence-corrected chi connectivity index (χ2v) is 7.40. The molecule has 0 unspecified atom stereocenters. The number of hydrogen-bond acceptors (Lipinski definition) is 3. The number of thiophene rings is 1. The smallest absolute Gasteiger partial charge is 0.211 e. The average molecular weight is 298 g/mol. The maximum Gasteiger partial charge on any atom is 0.211 e. The van der Waals surface area contributed by atoms with Crippen LogP contribution >= 0.6 is 27.3 Å². The highest BCUT2D eigenvalue weighted by molar-refractivity contribution is 9.11. The monoisotopic (exact) mass is 297 g/mol. The summed E-state index contributed by atoms with van der Waals surface area (Å²) in [5, 5.41) is 0. The average Bonchev–Trinajstić information content (AvgIpc) is 2.51. The Morgan fingerprint density at radius 3 is 2.71 bits per heavy atom. The molecule has 3 nitrogen and oxygen atoms in total. The number of nitrogens with one attached hydrogen (secondary N) is 1. The van der Waals surface area contributed by atoms with Crippen LogP contribution in [-0.4, -0.2) is 20.7 Å². The van der Waals surface area contributed by atoms with Crippen LogP contribution in [0.25, 0.3) is 0 Å². The first-order valence-electron chi connectivity index (χ1n) is 4.25. The molecule has 14 heavy (non-hydrogen) atoms. The fourth-order valence-electron chi connectivity index (χ4n) is 0.918. The molecule has 0 aliphatic carbocycles. The van der Waals surface area contributed by atoms with Crippen LogP contribution in [0.3, 0.4) is 0 Å². The van der Waals surface area contributed by atoms with Crippen molar-refractivity contribution in [2.45, 2.75) is 13.3 Å². The van der Waals surface area contributed by atoms with Gasteiger partial charge in [-0.3, -0.25) is 0 Å². The van der Waals surface area contributed by atoms with E-state index >= 15 is 0 Å². The van der Waals surface area contributed by atoms with Gasteiger partial charge in [-0.25, -0.2) is 13.1 Å². The lowest BCUT2D eigenvalue weighted by molar-refractivity contribution is 0.583. The Labute approximate surface area is 96.7 Å². The molecule has 0 atom stereocenters. The van der Waals surface area contributed by atoms with E-state index in [0.29, 0.717) is 6.54 Å². The van der Waals surface area contributed by atoms with E-state index in [1.54, 1.807) is 18.3 Å². The molecule has 1 aromatic rings. The molecule has 1 rings (SSSR count). The molecule has 1 aromatic heterocycles. The third-order valence-electron chi connectivity index (χ3n) is 1.70. The van der Waals surface area contributed by atoms with E-state index in [1.807, 2.05) is 12.1 Å². The third-order valence-corrected chi connectivity index (χ3v) is 4.79. The van der Waals surface area contributed by atoms with Crippen LogP contribution in [0, 0.1) is 0 Å². The molecule has 80 valence electrons. The molecule has 0 saturated carbocycles. The molecule has 0 saturated heterocycles. The SMILES string of the molecule is CCS(=O)(=O)NCCc1ccc(Br)s1. The maximum atomic E-state index is 11.1. The minimum absolute atomic E-state index is 0.140. The van der Waals surface area contributed by atoms with E-state index in [4.69, 9.17) is 0 Å². The summed E-state index contributed by atoms with van der Waals surface area (Å²) in [6.07, 6.45) is 0.746. The predicted molar refractivity (Wildman–Crippen MR) is 63.2 cm³/mol. The zero-order valence-corrected chi connectivity index (χ0v) is 11.0. The summed E-state index contributed by atoms with van der Waals surface area (Å²) in [6, 6.07) is 3.96. The number of rotatable bonds is 5. The predicted octanol–water partition coefficient (Wildman–Crippen LogP) is 1.99. The molecule has 0 bridgehead atoms. The van der Waals surface area contributed by atoms with Gasteiger partial charge in [0.2, 0.25) is 10.0 Å². The van der Waals surface area contributed by atoms with Crippen LogP contribution in [0.4, 0.5) is 0 Å². The van der Waals surface area contributed by atoms with Gasteiger partial charge in [-0.15, -0.1) is 11.3 Å².